The van der Waals surface area contributed by atoms with Crippen molar-refractivity contribution in [3.8, 4) is 0 Å². The minimum Gasteiger partial charge on any atom is -0.456 e. The van der Waals surface area contributed by atoms with Gasteiger partial charge in [0.1, 0.15) is 5.60 Å². The highest BCUT2D eigenvalue weighted by Crippen LogP contribution is 2.28. The number of likely N-dealkylation sites (tertiary alicyclic amines) is 1. The number of quaternary nitrogens is 1. The van der Waals surface area contributed by atoms with E-state index >= 15 is 0 Å². The van der Waals surface area contributed by atoms with Crippen LogP contribution in [-0.4, -0.2) is 58.8 Å². The summed E-state index contributed by atoms with van der Waals surface area (Å²) in [4.78, 5) is 25.9. The summed E-state index contributed by atoms with van der Waals surface area (Å²) in [7, 11) is 1.72. The van der Waals surface area contributed by atoms with Crippen LogP contribution in [0.25, 0.3) is 0 Å². The molecule has 1 saturated heterocycles. The van der Waals surface area contributed by atoms with E-state index in [1.165, 1.54) is 0 Å². The molecule has 2 unspecified atom stereocenters. The number of aliphatic hydroxyl groups is 1. The van der Waals surface area contributed by atoms with Gasteiger partial charge in [-0.2, -0.15) is 0 Å². The summed E-state index contributed by atoms with van der Waals surface area (Å²) < 4.78 is 5.38. The van der Waals surface area contributed by atoms with Gasteiger partial charge in [-0.15, -0.1) is 0 Å². The summed E-state index contributed by atoms with van der Waals surface area (Å²) in [5.74, 6) is -0.795. The summed E-state index contributed by atoms with van der Waals surface area (Å²) in [5, 5.41) is 10.7. The number of carbonyl (C=O) groups is 2. The second-order valence-corrected chi connectivity index (χ2v) is 8.67. The molecule has 1 heterocycles. The van der Waals surface area contributed by atoms with Crippen molar-refractivity contribution >= 4 is 11.9 Å². The fourth-order valence-electron chi connectivity index (χ4n) is 3.69. The van der Waals surface area contributed by atoms with Gasteiger partial charge < -0.3 is 15.6 Å². The molecule has 0 aliphatic carbocycles. The molecule has 0 radical (unpaired) electrons. The summed E-state index contributed by atoms with van der Waals surface area (Å²) in [5.41, 5.74) is 6.48. The highest BCUT2D eigenvalue weighted by Gasteiger charge is 2.51. The van der Waals surface area contributed by atoms with Crippen molar-refractivity contribution in [2.24, 2.45) is 5.73 Å². The highest BCUT2D eigenvalue weighted by molar-refractivity contribution is 5.81. The summed E-state index contributed by atoms with van der Waals surface area (Å²) in [6, 6.07) is 8.19. The first-order valence-corrected chi connectivity index (χ1v) is 9.64. The number of amides is 1. The van der Waals surface area contributed by atoms with Crippen LogP contribution in [0.1, 0.15) is 45.6 Å². The topological polar surface area (TPSA) is 89.6 Å². The third-order valence-electron chi connectivity index (χ3n) is 5.19. The van der Waals surface area contributed by atoms with Gasteiger partial charge in [0.2, 0.25) is 0 Å². The molecule has 2 rings (SSSR count). The lowest BCUT2D eigenvalue weighted by atomic mass is 9.95. The molecule has 4 atom stereocenters. The molecule has 150 valence electrons. The number of benzene rings is 1. The van der Waals surface area contributed by atoms with E-state index in [1.54, 1.807) is 7.05 Å². The molecule has 27 heavy (non-hydrogen) atoms. The number of ether oxygens (including phenoxy) is 1. The first-order valence-electron chi connectivity index (χ1n) is 9.64. The van der Waals surface area contributed by atoms with Crippen LogP contribution in [0.2, 0.25) is 0 Å². The summed E-state index contributed by atoms with van der Waals surface area (Å²) >= 11 is 0. The van der Waals surface area contributed by atoms with E-state index in [2.05, 4.69) is 0 Å². The molecule has 1 aliphatic rings. The predicted molar refractivity (Wildman–Crippen MR) is 104 cm³/mol. The standard InChI is InChI=1S/C21H33N2O4/c1-21(2,3)27-20(26)17-12-8-9-13-23(17,4)19(25)18(24)16(22)14-15-10-6-5-7-11-15/h5-7,10-11,16-18,24H,8-9,12-14,22H2,1-4H3/q+1/t16-,17?,18-,23?/m0/s1. The van der Waals surface area contributed by atoms with Gasteiger partial charge in [-0.1, -0.05) is 30.3 Å². The van der Waals surface area contributed by atoms with Crippen LogP contribution in [0.15, 0.2) is 30.3 Å². The normalized spacial score (nSPS) is 25.5. The van der Waals surface area contributed by atoms with Crippen molar-refractivity contribution in [1.29, 1.82) is 0 Å². The van der Waals surface area contributed by atoms with E-state index in [4.69, 9.17) is 10.5 Å². The number of nitrogens with zero attached hydrogens (tertiary/aromatic N) is 1. The zero-order valence-corrected chi connectivity index (χ0v) is 16.9. The number of carbonyl (C=O) groups excluding carboxylic acids is 2. The van der Waals surface area contributed by atoms with Gasteiger partial charge in [0.05, 0.1) is 13.6 Å². The Kier molecular flexibility index (Phi) is 6.78. The van der Waals surface area contributed by atoms with Gasteiger partial charge in [-0.25, -0.2) is 14.1 Å². The Morgan fingerprint density at radius 3 is 2.48 bits per heavy atom. The van der Waals surface area contributed by atoms with Gasteiger partial charge in [0.15, 0.2) is 12.1 Å². The Labute approximate surface area is 161 Å². The second-order valence-electron chi connectivity index (χ2n) is 8.67. The van der Waals surface area contributed by atoms with E-state index < -0.39 is 29.7 Å². The van der Waals surface area contributed by atoms with Crippen molar-refractivity contribution < 1.29 is 23.9 Å². The molecule has 1 aromatic carbocycles. The second kappa shape index (κ2) is 8.50. The van der Waals surface area contributed by atoms with E-state index in [9.17, 15) is 14.7 Å². The minimum absolute atomic E-state index is 0.154. The lowest BCUT2D eigenvalue weighted by molar-refractivity contribution is -0.859. The third kappa shape index (κ3) is 5.37. The maximum atomic E-state index is 13.2. The molecule has 1 aliphatic heterocycles. The average Bonchev–Trinajstić information content (AvgIpc) is 2.60. The fraction of sp³-hybridized carbons (Fsp3) is 0.619. The molecule has 1 aromatic rings. The Hall–Kier alpha value is -1.76. The molecular formula is C21H33N2O4+. The van der Waals surface area contributed by atoms with Crippen molar-refractivity contribution in [1.82, 2.24) is 0 Å². The van der Waals surface area contributed by atoms with Crippen molar-refractivity contribution in [3.63, 3.8) is 0 Å². The van der Waals surface area contributed by atoms with Crippen LogP contribution in [0.4, 0.5) is 0 Å². The van der Waals surface area contributed by atoms with E-state index in [0.29, 0.717) is 19.4 Å². The number of piperidine rings is 1. The number of hydrogen-bond acceptors (Lipinski definition) is 5. The van der Waals surface area contributed by atoms with Crippen molar-refractivity contribution in [2.45, 2.75) is 70.2 Å². The molecular weight excluding hydrogens is 344 g/mol. The molecule has 6 nitrogen and oxygen atoms in total. The number of likely N-dealkylation sites (N-methyl/N-ethyl adjacent to an activating group) is 1. The Morgan fingerprint density at radius 1 is 1.26 bits per heavy atom. The number of hydrogen-bond donors (Lipinski definition) is 2. The Bertz CT molecular complexity index is 656. The third-order valence-corrected chi connectivity index (χ3v) is 5.19. The lowest BCUT2D eigenvalue weighted by Crippen LogP contribution is -2.67. The fourth-order valence-corrected chi connectivity index (χ4v) is 3.69. The summed E-state index contributed by atoms with van der Waals surface area (Å²) in [6.45, 7) is 5.93. The Balaban J connectivity index is 2.15. The maximum Gasteiger partial charge on any atom is 0.366 e. The number of aliphatic hydroxyl groups excluding tert-OH is 1. The number of rotatable bonds is 5. The van der Waals surface area contributed by atoms with Gasteiger partial charge in [-0.05, 0) is 45.6 Å². The molecule has 1 amide bonds. The molecule has 0 saturated carbocycles. The first kappa shape index (κ1) is 21.5. The largest absolute Gasteiger partial charge is 0.456 e. The van der Waals surface area contributed by atoms with Gasteiger partial charge in [-0.3, -0.25) is 0 Å². The van der Waals surface area contributed by atoms with E-state index in [-0.39, 0.29) is 10.5 Å². The monoisotopic (exact) mass is 377 g/mol. The van der Waals surface area contributed by atoms with Crippen LogP contribution in [0.5, 0.6) is 0 Å². The number of nitrogens with two attached hydrogens (primary N) is 1. The van der Waals surface area contributed by atoms with Crippen molar-refractivity contribution in [3.05, 3.63) is 35.9 Å². The molecule has 0 aromatic heterocycles. The first-order chi connectivity index (χ1) is 12.5. The van der Waals surface area contributed by atoms with Gasteiger partial charge >= 0.3 is 11.9 Å². The highest BCUT2D eigenvalue weighted by atomic mass is 16.6. The zero-order chi connectivity index (χ0) is 20.2. The molecule has 0 bridgehead atoms. The van der Waals surface area contributed by atoms with Crippen LogP contribution >= 0.6 is 0 Å². The van der Waals surface area contributed by atoms with Crippen LogP contribution < -0.4 is 5.73 Å². The quantitative estimate of drug-likeness (QED) is 0.603. The predicted octanol–water partition coefficient (Wildman–Crippen LogP) is 1.78. The van der Waals surface area contributed by atoms with E-state index in [1.807, 2.05) is 51.1 Å². The number of esters is 1. The molecule has 1 fully saturated rings. The van der Waals surface area contributed by atoms with Gasteiger partial charge in [0, 0.05) is 12.5 Å². The smallest absolute Gasteiger partial charge is 0.366 e. The van der Waals surface area contributed by atoms with Crippen LogP contribution in [0.3, 0.4) is 0 Å². The van der Waals surface area contributed by atoms with Crippen LogP contribution in [0, 0.1) is 0 Å². The SMILES string of the molecule is CC(C)(C)OC(=O)C1CCCC[N+]1(C)C(=O)[C@@H](O)[C@@H](N)Cc1ccccc1. The lowest BCUT2D eigenvalue weighted by Gasteiger charge is -2.42. The molecule has 6 heteroatoms. The van der Waals surface area contributed by atoms with Crippen LogP contribution in [-0.2, 0) is 20.7 Å². The molecule has 0 spiro atoms. The van der Waals surface area contributed by atoms with Crippen molar-refractivity contribution in [2.75, 3.05) is 13.6 Å². The van der Waals surface area contributed by atoms with Gasteiger partial charge in [0.25, 0.3) is 0 Å². The minimum atomic E-state index is -1.33. The van der Waals surface area contributed by atoms with E-state index in [0.717, 1.165) is 18.4 Å². The maximum absolute atomic E-state index is 13.2. The Morgan fingerprint density at radius 2 is 1.89 bits per heavy atom. The summed E-state index contributed by atoms with van der Waals surface area (Å²) in [6.07, 6.45) is 1.31. The average molecular weight is 378 g/mol. The molecule has 3 N–H and O–H groups in total. The zero-order valence-electron chi connectivity index (χ0n) is 16.9.